The van der Waals surface area contributed by atoms with Gasteiger partial charge in [-0.1, -0.05) is 43.3 Å². The molecule has 0 radical (unpaired) electrons. The lowest BCUT2D eigenvalue weighted by molar-refractivity contribution is -0.126. The van der Waals surface area contributed by atoms with Gasteiger partial charge in [-0.2, -0.15) is 0 Å². The monoisotopic (exact) mass is 435 g/mol. The van der Waals surface area contributed by atoms with Crippen molar-refractivity contribution in [3.8, 4) is 5.75 Å². The molecule has 0 spiro atoms. The molecule has 170 valence electrons. The Labute approximate surface area is 190 Å². The summed E-state index contributed by atoms with van der Waals surface area (Å²) < 4.78 is 6.06. The van der Waals surface area contributed by atoms with Crippen LogP contribution in [0.2, 0.25) is 0 Å². The van der Waals surface area contributed by atoms with E-state index in [-0.39, 0.29) is 24.0 Å². The van der Waals surface area contributed by atoms with Gasteiger partial charge in [0.2, 0.25) is 5.91 Å². The van der Waals surface area contributed by atoms with Gasteiger partial charge in [0.05, 0.1) is 12.2 Å². The fraction of sp³-hybridized carbons (Fsp3) is 0.462. The van der Waals surface area contributed by atoms with Gasteiger partial charge in [-0.3, -0.25) is 9.69 Å². The second-order valence-corrected chi connectivity index (χ2v) is 8.80. The Balaban J connectivity index is 1.31. The van der Waals surface area contributed by atoms with Crippen molar-refractivity contribution in [3.05, 3.63) is 59.7 Å². The molecule has 32 heavy (non-hydrogen) atoms. The number of amides is 3. The summed E-state index contributed by atoms with van der Waals surface area (Å²) in [4.78, 5) is 29.7. The Morgan fingerprint density at radius 3 is 2.56 bits per heavy atom. The van der Waals surface area contributed by atoms with Gasteiger partial charge in [-0.05, 0) is 55.9 Å². The van der Waals surface area contributed by atoms with E-state index in [0.29, 0.717) is 39.0 Å². The van der Waals surface area contributed by atoms with Gasteiger partial charge in [0.1, 0.15) is 11.9 Å². The molecule has 2 aliphatic heterocycles. The lowest BCUT2D eigenvalue weighted by atomic mass is 9.96. The first kappa shape index (κ1) is 22.2. The first-order valence-electron chi connectivity index (χ1n) is 11.7. The van der Waals surface area contributed by atoms with Crippen molar-refractivity contribution in [3.63, 3.8) is 0 Å². The van der Waals surface area contributed by atoms with Crippen LogP contribution in [0.5, 0.6) is 5.75 Å². The molecule has 1 fully saturated rings. The highest BCUT2D eigenvalue weighted by molar-refractivity contribution is 5.94. The van der Waals surface area contributed by atoms with Crippen molar-refractivity contribution in [2.75, 3.05) is 31.1 Å². The van der Waals surface area contributed by atoms with Gasteiger partial charge in [-0.15, -0.1) is 0 Å². The minimum absolute atomic E-state index is 0.00193. The van der Waals surface area contributed by atoms with Gasteiger partial charge in [0, 0.05) is 25.6 Å². The van der Waals surface area contributed by atoms with Crippen molar-refractivity contribution in [1.29, 1.82) is 0 Å². The van der Waals surface area contributed by atoms with Gasteiger partial charge in [0.15, 0.2) is 0 Å². The number of rotatable bonds is 5. The second kappa shape index (κ2) is 10.1. The summed E-state index contributed by atoms with van der Waals surface area (Å²) in [6, 6.07) is 16.2. The quantitative estimate of drug-likeness (QED) is 0.767. The lowest BCUT2D eigenvalue weighted by Gasteiger charge is -2.39. The number of hydrogen-bond acceptors (Lipinski definition) is 3. The standard InChI is InChI=1S/C26H33N3O3/c1-3-22-18-29(23-17-19(2)9-10-24(23)32-22)26(31)28-15-12-21(13-16-28)25(30)27-14-11-20-7-5-4-6-8-20/h4-10,17,21-22H,3,11-16,18H2,1-2H3,(H,27,30)/t22-/m1/s1. The van der Waals surface area contributed by atoms with Crippen LogP contribution < -0.4 is 15.0 Å². The van der Waals surface area contributed by atoms with Crippen LogP contribution >= 0.6 is 0 Å². The highest BCUT2D eigenvalue weighted by Crippen LogP contribution is 2.36. The number of aryl methyl sites for hydroxylation is 1. The second-order valence-electron chi connectivity index (χ2n) is 8.80. The third-order valence-corrected chi connectivity index (χ3v) is 6.46. The third kappa shape index (κ3) is 5.06. The molecule has 0 unspecified atom stereocenters. The molecular formula is C26H33N3O3. The SMILES string of the molecule is CC[C@@H]1CN(C(=O)N2CCC(C(=O)NCCc3ccccc3)CC2)c2cc(C)ccc2O1. The molecule has 6 nitrogen and oxygen atoms in total. The average Bonchev–Trinajstić information content (AvgIpc) is 2.83. The molecule has 6 heteroatoms. The van der Waals surface area contributed by atoms with E-state index in [1.807, 2.05) is 53.1 Å². The van der Waals surface area contributed by atoms with E-state index < -0.39 is 0 Å². The van der Waals surface area contributed by atoms with Crippen molar-refractivity contribution in [2.24, 2.45) is 5.92 Å². The number of hydrogen-bond donors (Lipinski definition) is 1. The minimum Gasteiger partial charge on any atom is -0.486 e. The number of nitrogens with zero attached hydrogens (tertiary/aromatic N) is 2. The number of carbonyl (C=O) groups is 2. The topological polar surface area (TPSA) is 61.9 Å². The number of piperidine rings is 1. The van der Waals surface area contributed by atoms with E-state index in [2.05, 4.69) is 24.4 Å². The smallest absolute Gasteiger partial charge is 0.324 e. The molecular weight excluding hydrogens is 402 g/mol. The number of urea groups is 1. The van der Waals surface area contributed by atoms with E-state index in [4.69, 9.17) is 4.74 Å². The highest BCUT2D eigenvalue weighted by Gasteiger charge is 2.34. The van der Waals surface area contributed by atoms with Gasteiger partial charge >= 0.3 is 6.03 Å². The van der Waals surface area contributed by atoms with Crippen LogP contribution in [0.25, 0.3) is 0 Å². The molecule has 2 aliphatic rings. The molecule has 1 saturated heterocycles. The van der Waals surface area contributed by atoms with E-state index in [1.54, 1.807) is 0 Å². The molecule has 0 saturated carbocycles. The van der Waals surface area contributed by atoms with Crippen LogP contribution in [0.1, 0.15) is 37.3 Å². The summed E-state index contributed by atoms with van der Waals surface area (Å²) in [5.41, 5.74) is 3.17. The Morgan fingerprint density at radius 2 is 1.84 bits per heavy atom. The van der Waals surface area contributed by atoms with Crippen molar-refractivity contribution in [2.45, 2.75) is 45.6 Å². The average molecular weight is 436 g/mol. The van der Waals surface area contributed by atoms with Crippen LogP contribution in [-0.2, 0) is 11.2 Å². The first-order valence-corrected chi connectivity index (χ1v) is 11.7. The number of nitrogens with one attached hydrogen (secondary N) is 1. The predicted octanol–water partition coefficient (Wildman–Crippen LogP) is 4.16. The molecule has 4 rings (SSSR count). The van der Waals surface area contributed by atoms with Crippen LogP contribution in [0.4, 0.5) is 10.5 Å². The van der Waals surface area contributed by atoms with Crippen molar-refractivity contribution < 1.29 is 14.3 Å². The molecule has 0 bridgehead atoms. The number of ether oxygens (including phenoxy) is 1. The summed E-state index contributed by atoms with van der Waals surface area (Å²) >= 11 is 0. The zero-order chi connectivity index (χ0) is 22.5. The number of fused-ring (bicyclic) bond motifs is 1. The molecule has 2 aromatic carbocycles. The summed E-state index contributed by atoms with van der Waals surface area (Å²) in [6.45, 7) is 6.51. The van der Waals surface area contributed by atoms with E-state index in [1.165, 1.54) is 5.56 Å². The number of anilines is 1. The Morgan fingerprint density at radius 1 is 1.09 bits per heavy atom. The zero-order valence-electron chi connectivity index (χ0n) is 19.0. The van der Waals surface area contributed by atoms with Crippen molar-refractivity contribution >= 4 is 17.6 Å². The fourth-order valence-corrected chi connectivity index (χ4v) is 4.47. The summed E-state index contributed by atoms with van der Waals surface area (Å²) in [6.07, 6.45) is 3.08. The Kier molecular flexibility index (Phi) is 6.98. The molecule has 1 N–H and O–H groups in total. The number of likely N-dealkylation sites (tertiary alicyclic amines) is 1. The van der Waals surface area contributed by atoms with Crippen LogP contribution in [0.3, 0.4) is 0 Å². The summed E-state index contributed by atoms with van der Waals surface area (Å²) in [7, 11) is 0. The van der Waals surface area contributed by atoms with E-state index in [0.717, 1.165) is 29.8 Å². The van der Waals surface area contributed by atoms with Gasteiger partial charge in [0.25, 0.3) is 0 Å². The van der Waals surface area contributed by atoms with E-state index >= 15 is 0 Å². The van der Waals surface area contributed by atoms with E-state index in [9.17, 15) is 9.59 Å². The predicted molar refractivity (Wildman–Crippen MR) is 126 cm³/mol. The Bertz CT molecular complexity index is 939. The van der Waals surface area contributed by atoms with Gasteiger partial charge in [-0.25, -0.2) is 4.79 Å². The lowest BCUT2D eigenvalue weighted by Crippen LogP contribution is -2.52. The molecule has 1 atom stereocenters. The number of carbonyl (C=O) groups excluding carboxylic acids is 2. The third-order valence-electron chi connectivity index (χ3n) is 6.46. The van der Waals surface area contributed by atoms with Gasteiger partial charge < -0.3 is 15.0 Å². The maximum Gasteiger partial charge on any atom is 0.324 e. The van der Waals surface area contributed by atoms with Crippen LogP contribution in [0, 0.1) is 12.8 Å². The fourth-order valence-electron chi connectivity index (χ4n) is 4.47. The summed E-state index contributed by atoms with van der Waals surface area (Å²) in [5, 5.41) is 3.07. The maximum absolute atomic E-state index is 13.4. The largest absolute Gasteiger partial charge is 0.486 e. The van der Waals surface area contributed by atoms with Crippen LogP contribution in [-0.4, -0.2) is 49.1 Å². The molecule has 0 aliphatic carbocycles. The maximum atomic E-state index is 13.4. The van der Waals surface area contributed by atoms with Crippen molar-refractivity contribution in [1.82, 2.24) is 10.2 Å². The number of benzene rings is 2. The molecule has 2 heterocycles. The first-order chi connectivity index (χ1) is 15.5. The zero-order valence-corrected chi connectivity index (χ0v) is 19.0. The normalized spacial score (nSPS) is 18.6. The molecule has 0 aromatic heterocycles. The molecule has 3 amide bonds. The summed E-state index contributed by atoms with van der Waals surface area (Å²) in [5.74, 6) is 0.846. The molecule has 2 aromatic rings. The minimum atomic E-state index is -0.0302. The van der Waals surface area contributed by atoms with Crippen LogP contribution in [0.15, 0.2) is 48.5 Å². The Hall–Kier alpha value is -3.02. The highest BCUT2D eigenvalue weighted by atomic mass is 16.5.